The molecule has 0 unspecified atom stereocenters. The first-order chi connectivity index (χ1) is 5.70. The summed E-state index contributed by atoms with van der Waals surface area (Å²) in [6.07, 6.45) is 2.35. The molecule has 1 saturated heterocycles. The van der Waals surface area contributed by atoms with Crippen LogP contribution >= 0.6 is 0 Å². The zero-order chi connectivity index (χ0) is 8.97. The fourth-order valence-electron chi connectivity index (χ4n) is 1.20. The summed E-state index contributed by atoms with van der Waals surface area (Å²) in [4.78, 5) is 10.4. The third-order valence-electron chi connectivity index (χ3n) is 2.05. The van der Waals surface area contributed by atoms with Gasteiger partial charge in [-0.15, -0.1) is 0 Å². The van der Waals surface area contributed by atoms with Gasteiger partial charge in [-0.25, -0.2) is 0 Å². The van der Waals surface area contributed by atoms with Gasteiger partial charge < -0.3 is 15.2 Å². The Morgan fingerprint density at radius 3 is 3.08 bits per heavy atom. The van der Waals surface area contributed by atoms with E-state index in [0.717, 1.165) is 19.4 Å². The third-order valence-corrected chi connectivity index (χ3v) is 2.05. The van der Waals surface area contributed by atoms with Crippen molar-refractivity contribution in [3.8, 4) is 0 Å². The minimum Gasteiger partial charge on any atom is -0.480 e. The van der Waals surface area contributed by atoms with Crippen molar-refractivity contribution in [2.24, 2.45) is 0 Å². The SMILES string of the molecule is C[C@@H](NC[C@H]1CCCO1)C(=O)O. The molecule has 1 fully saturated rings. The zero-order valence-electron chi connectivity index (χ0n) is 7.25. The molecule has 0 aromatic rings. The van der Waals surface area contributed by atoms with Crippen LogP contribution in [0.4, 0.5) is 0 Å². The van der Waals surface area contributed by atoms with Crippen LogP contribution in [0.3, 0.4) is 0 Å². The van der Waals surface area contributed by atoms with Crippen molar-refractivity contribution in [2.45, 2.75) is 31.9 Å². The fraction of sp³-hybridized carbons (Fsp3) is 0.875. The highest BCUT2D eigenvalue weighted by Gasteiger charge is 2.17. The molecular weight excluding hydrogens is 158 g/mol. The summed E-state index contributed by atoms with van der Waals surface area (Å²) >= 11 is 0. The normalized spacial score (nSPS) is 25.6. The highest BCUT2D eigenvalue weighted by Crippen LogP contribution is 2.10. The van der Waals surface area contributed by atoms with E-state index < -0.39 is 12.0 Å². The van der Waals surface area contributed by atoms with Crippen LogP contribution in [0.5, 0.6) is 0 Å². The molecule has 1 aliphatic heterocycles. The molecule has 0 aromatic carbocycles. The minimum absolute atomic E-state index is 0.215. The van der Waals surface area contributed by atoms with E-state index in [9.17, 15) is 4.79 Å². The lowest BCUT2D eigenvalue weighted by Gasteiger charge is -2.13. The maximum Gasteiger partial charge on any atom is 0.320 e. The van der Waals surface area contributed by atoms with Crippen LogP contribution in [-0.4, -0.2) is 36.4 Å². The predicted octanol–water partition coefficient (Wildman–Crippen LogP) is 0.228. The first-order valence-corrected chi connectivity index (χ1v) is 4.28. The molecule has 4 heteroatoms. The van der Waals surface area contributed by atoms with Crippen LogP contribution in [0.25, 0.3) is 0 Å². The first-order valence-electron chi connectivity index (χ1n) is 4.28. The minimum atomic E-state index is -0.812. The number of ether oxygens (including phenoxy) is 1. The molecule has 0 spiro atoms. The van der Waals surface area contributed by atoms with Gasteiger partial charge in [0.15, 0.2) is 0 Å². The lowest BCUT2D eigenvalue weighted by molar-refractivity contribution is -0.139. The second-order valence-electron chi connectivity index (χ2n) is 3.10. The van der Waals surface area contributed by atoms with E-state index in [2.05, 4.69) is 5.32 Å². The summed E-state index contributed by atoms with van der Waals surface area (Å²) in [5.74, 6) is -0.812. The molecule has 0 saturated carbocycles. The average molecular weight is 173 g/mol. The fourth-order valence-corrected chi connectivity index (χ4v) is 1.20. The molecule has 0 radical (unpaired) electrons. The Bertz CT molecular complexity index is 154. The van der Waals surface area contributed by atoms with Gasteiger partial charge in [0.2, 0.25) is 0 Å². The maximum absolute atomic E-state index is 10.4. The monoisotopic (exact) mass is 173 g/mol. The summed E-state index contributed by atoms with van der Waals surface area (Å²) in [7, 11) is 0. The van der Waals surface area contributed by atoms with Crippen LogP contribution in [0.1, 0.15) is 19.8 Å². The number of carboxylic acid groups (broad SMARTS) is 1. The Morgan fingerprint density at radius 1 is 1.83 bits per heavy atom. The molecular formula is C8H15NO3. The van der Waals surface area contributed by atoms with Crippen LogP contribution in [-0.2, 0) is 9.53 Å². The Morgan fingerprint density at radius 2 is 2.58 bits per heavy atom. The molecule has 0 amide bonds. The second-order valence-corrected chi connectivity index (χ2v) is 3.10. The van der Waals surface area contributed by atoms with Crippen LogP contribution < -0.4 is 5.32 Å². The maximum atomic E-state index is 10.4. The molecule has 4 nitrogen and oxygen atoms in total. The molecule has 1 aliphatic rings. The highest BCUT2D eigenvalue weighted by atomic mass is 16.5. The Labute approximate surface area is 71.9 Å². The summed E-state index contributed by atoms with van der Waals surface area (Å²) in [5.41, 5.74) is 0. The molecule has 2 atom stereocenters. The van der Waals surface area contributed by atoms with E-state index in [1.807, 2.05) is 0 Å². The average Bonchev–Trinajstić information content (AvgIpc) is 2.51. The number of hydrogen-bond acceptors (Lipinski definition) is 3. The largest absolute Gasteiger partial charge is 0.480 e. The van der Waals surface area contributed by atoms with E-state index in [0.29, 0.717) is 6.54 Å². The van der Waals surface area contributed by atoms with Gasteiger partial charge in [0, 0.05) is 13.2 Å². The van der Waals surface area contributed by atoms with Gasteiger partial charge in [-0.3, -0.25) is 4.79 Å². The van der Waals surface area contributed by atoms with Gasteiger partial charge in [0.05, 0.1) is 6.10 Å². The van der Waals surface area contributed by atoms with Crippen LogP contribution in [0.15, 0.2) is 0 Å². The van der Waals surface area contributed by atoms with E-state index in [-0.39, 0.29) is 6.10 Å². The smallest absolute Gasteiger partial charge is 0.320 e. The number of aliphatic carboxylic acids is 1. The molecule has 2 N–H and O–H groups in total. The van der Waals surface area contributed by atoms with Crippen molar-refractivity contribution in [1.82, 2.24) is 5.32 Å². The van der Waals surface area contributed by atoms with Crippen LogP contribution in [0.2, 0.25) is 0 Å². The van der Waals surface area contributed by atoms with Gasteiger partial charge in [-0.1, -0.05) is 0 Å². The van der Waals surface area contributed by atoms with Crippen molar-refractivity contribution in [3.05, 3.63) is 0 Å². The van der Waals surface area contributed by atoms with Gasteiger partial charge in [0.1, 0.15) is 6.04 Å². The molecule has 0 aliphatic carbocycles. The predicted molar refractivity (Wildman–Crippen MR) is 44.1 cm³/mol. The molecule has 12 heavy (non-hydrogen) atoms. The first kappa shape index (κ1) is 9.48. The molecule has 0 bridgehead atoms. The standard InChI is InChI=1S/C8H15NO3/c1-6(8(10)11)9-5-7-3-2-4-12-7/h6-7,9H,2-5H2,1H3,(H,10,11)/t6-,7-/m1/s1. The van der Waals surface area contributed by atoms with Gasteiger partial charge in [-0.2, -0.15) is 0 Å². The Kier molecular flexibility index (Phi) is 3.49. The second kappa shape index (κ2) is 4.42. The zero-order valence-corrected chi connectivity index (χ0v) is 7.25. The lowest BCUT2D eigenvalue weighted by atomic mass is 10.2. The van der Waals surface area contributed by atoms with E-state index in [4.69, 9.17) is 9.84 Å². The van der Waals surface area contributed by atoms with E-state index in [1.54, 1.807) is 6.92 Å². The molecule has 1 rings (SSSR count). The van der Waals surface area contributed by atoms with Crippen molar-refractivity contribution in [3.63, 3.8) is 0 Å². The number of hydrogen-bond donors (Lipinski definition) is 2. The summed E-state index contributed by atoms with van der Waals surface area (Å²) in [6, 6.07) is -0.478. The molecule has 70 valence electrons. The topological polar surface area (TPSA) is 58.6 Å². The number of carboxylic acids is 1. The van der Waals surface area contributed by atoms with Crippen molar-refractivity contribution in [2.75, 3.05) is 13.2 Å². The summed E-state index contributed by atoms with van der Waals surface area (Å²) < 4.78 is 5.33. The van der Waals surface area contributed by atoms with Gasteiger partial charge in [0.25, 0.3) is 0 Å². The molecule has 1 heterocycles. The van der Waals surface area contributed by atoms with Crippen molar-refractivity contribution >= 4 is 5.97 Å². The van der Waals surface area contributed by atoms with Crippen LogP contribution in [0, 0.1) is 0 Å². The summed E-state index contributed by atoms with van der Waals surface area (Å²) in [5, 5.41) is 11.5. The highest BCUT2D eigenvalue weighted by molar-refractivity contribution is 5.72. The quantitative estimate of drug-likeness (QED) is 0.639. The lowest BCUT2D eigenvalue weighted by Crippen LogP contribution is -2.38. The van der Waals surface area contributed by atoms with E-state index >= 15 is 0 Å². The Hall–Kier alpha value is -0.610. The number of rotatable bonds is 4. The third kappa shape index (κ3) is 2.79. The number of nitrogens with one attached hydrogen (secondary N) is 1. The summed E-state index contributed by atoms with van der Waals surface area (Å²) in [6.45, 7) is 3.10. The van der Waals surface area contributed by atoms with E-state index in [1.165, 1.54) is 0 Å². The number of carbonyl (C=O) groups is 1. The van der Waals surface area contributed by atoms with Crippen molar-refractivity contribution in [1.29, 1.82) is 0 Å². The molecule has 0 aromatic heterocycles. The van der Waals surface area contributed by atoms with Gasteiger partial charge >= 0.3 is 5.97 Å². The van der Waals surface area contributed by atoms with Gasteiger partial charge in [-0.05, 0) is 19.8 Å². The van der Waals surface area contributed by atoms with Crippen molar-refractivity contribution < 1.29 is 14.6 Å². The Balaban J connectivity index is 2.11.